The first-order valence-electron chi connectivity index (χ1n) is 6.76. The molecular weight excluding hydrogens is 224 g/mol. The summed E-state index contributed by atoms with van der Waals surface area (Å²) in [5.74, 6) is 0.146. The Bertz CT molecular complexity index is 338. The summed E-state index contributed by atoms with van der Waals surface area (Å²) >= 11 is 0. The minimum absolute atomic E-state index is 0.146. The Labute approximate surface area is 110 Å². The van der Waals surface area contributed by atoms with Crippen molar-refractivity contribution in [2.24, 2.45) is 0 Å². The molecule has 0 radical (unpaired) electrons. The van der Waals surface area contributed by atoms with E-state index in [0.717, 1.165) is 25.8 Å². The molecule has 0 aromatic heterocycles. The average molecular weight is 248 g/mol. The highest BCUT2D eigenvalue weighted by Crippen LogP contribution is 2.18. The Kier molecular flexibility index (Phi) is 7.11. The summed E-state index contributed by atoms with van der Waals surface area (Å²) < 4.78 is 0. The van der Waals surface area contributed by atoms with E-state index in [1.807, 2.05) is 25.2 Å². The van der Waals surface area contributed by atoms with E-state index in [2.05, 4.69) is 29.7 Å². The third-order valence-corrected chi connectivity index (χ3v) is 2.95. The summed E-state index contributed by atoms with van der Waals surface area (Å²) in [4.78, 5) is 11.8. The fourth-order valence-electron chi connectivity index (χ4n) is 1.99. The number of amides is 1. The van der Waals surface area contributed by atoms with E-state index in [4.69, 9.17) is 0 Å². The van der Waals surface area contributed by atoms with Crippen molar-refractivity contribution in [2.45, 2.75) is 38.6 Å². The first kappa shape index (κ1) is 14.7. The van der Waals surface area contributed by atoms with Crippen LogP contribution < -0.4 is 10.6 Å². The Hall–Kier alpha value is -1.35. The third kappa shape index (κ3) is 5.32. The van der Waals surface area contributed by atoms with Crippen LogP contribution in [0.3, 0.4) is 0 Å². The number of hydrogen-bond donors (Lipinski definition) is 2. The average Bonchev–Trinajstić information content (AvgIpc) is 2.39. The molecule has 1 amide bonds. The van der Waals surface area contributed by atoms with Crippen molar-refractivity contribution < 1.29 is 4.79 Å². The van der Waals surface area contributed by atoms with Crippen LogP contribution in [0.4, 0.5) is 0 Å². The predicted octanol–water partition coefficient (Wildman–Crippen LogP) is 2.64. The lowest BCUT2D eigenvalue weighted by molar-refractivity contribution is -0.122. The SMILES string of the molecule is CCCC(NC(=O)CCCNC)c1ccccc1. The van der Waals surface area contributed by atoms with Crippen LogP contribution in [-0.2, 0) is 4.79 Å². The van der Waals surface area contributed by atoms with Crippen LogP contribution in [0.1, 0.15) is 44.2 Å². The summed E-state index contributed by atoms with van der Waals surface area (Å²) in [5, 5.41) is 6.18. The van der Waals surface area contributed by atoms with E-state index >= 15 is 0 Å². The van der Waals surface area contributed by atoms with Gasteiger partial charge in [0.2, 0.25) is 5.91 Å². The first-order valence-corrected chi connectivity index (χ1v) is 6.76. The van der Waals surface area contributed by atoms with Crippen LogP contribution in [0.15, 0.2) is 30.3 Å². The van der Waals surface area contributed by atoms with Gasteiger partial charge in [-0.3, -0.25) is 4.79 Å². The lowest BCUT2D eigenvalue weighted by Crippen LogP contribution is -2.28. The maximum atomic E-state index is 11.8. The molecule has 18 heavy (non-hydrogen) atoms. The Morgan fingerprint density at radius 1 is 1.28 bits per heavy atom. The molecule has 1 atom stereocenters. The number of carbonyl (C=O) groups excluding carboxylic acids is 1. The Morgan fingerprint density at radius 2 is 2.00 bits per heavy atom. The van der Waals surface area contributed by atoms with Gasteiger partial charge >= 0.3 is 0 Å². The van der Waals surface area contributed by atoms with Crippen molar-refractivity contribution in [1.29, 1.82) is 0 Å². The lowest BCUT2D eigenvalue weighted by atomic mass is 10.0. The Morgan fingerprint density at radius 3 is 2.61 bits per heavy atom. The number of benzene rings is 1. The van der Waals surface area contributed by atoms with Gasteiger partial charge in [-0.25, -0.2) is 0 Å². The van der Waals surface area contributed by atoms with E-state index in [1.54, 1.807) is 0 Å². The summed E-state index contributed by atoms with van der Waals surface area (Å²) in [6.07, 6.45) is 3.53. The van der Waals surface area contributed by atoms with Crippen LogP contribution >= 0.6 is 0 Å². The zero-order valence-electron chi connectivity index (χ0n) is 11.4. The summed E-state index contributed by atoms with van der Waals surface area (Å²) in [7, 11) is 1.90. The molecule has 2 N–H and O–H groups in total. The number of hydrogen-bond acceptors (Lipinski definition) is 2. The highest BCUT2D eigenvalue weighted by atomic mass is 16.1. The first-order chi connectivity index (χ1) is 8.77. The van der Waals surface area contributed by atoms with Gasteiger partial charge in [0.25, 0.3) is 0 Å². The molecule has 0 aliphatic carbocycles. The Balaban J connectivity index is 2.50. The largest absolute Gasteiger partial charge is 0.349 e. The van der Waals surface area contributed by atoms with Crippen molar-refractivity contribution in [3.05, 3.63) is 35.9 Å². The number of carbonyl (C=O) groups is 1. The van der Waals surface area contributed by atoms with Gasteiger partial charge in [-0.2, -0.15) is 0 Å². The van der Waals surface area contributed by atoms with Crippen molar-refractivity contribution in [1.82, 2.24) is 10.6 Å². The van der Waals surface area contributed by atoms with Gasteiger partial charge < -0.3 is 10.6 Å². The molecule has 3 nitrogen and oxygen atoms in total. The molecule has 0 saturated carbocycles. The predicted molar refractivity (Wildman–Crippen MR) is 75.4 cm³/mol. The van der Waals surface area contributed by atoms with Gasteiger partial charge in [-0.15, -0.1) is 0 Å². The maximum Gasteiger partial charge on any atom is 0.220 e. The van der Waals surface area contributed by atoms with Crippen LogP contribution in [0.25, 0.3) is 0 Å². The summed E-state index contributed by atoms with van der Waals surface area (Å²) in [6.45, 7) is 3.03. The van der Waals surface area contributed by atoms with E-state index in [1.165, 1.54) is 5.56 Å². The smallest absolute Gasteiger partial charge is 0.220 e. The standard InChI is InChI=1S/C15H24N2O/c1-3-8-14(13-9-5-4-6-10-13)17-15(18)11-7-12-16-2/h4-6,9-10,14,16H,3,7-8,11-12H2,1-2H3,(H,17,18). The highest BCUT2D eigenvalue weighted by Gasteiger charge is 2.12. The number of nitrogens with one attached hydrogen (secondary N) is 2. The van der Waals surface area contributed by atoms with Gasteiger partial charge in [-0.1, -0.05) is 43.7 Å². The van der Waals surface area contributed by atoms with Crippen LogP contribution in [0.5, 0.6) is 0 Å². The second kappa shape index (κ2) is 8.70. The van der Waals surface area contributed by atoms with E-state index in [9.17, 15) is 4.79 Å². The van der Waals surface area contributed by atoms with Gasteiger partial charge in [-0.05, 0) is 32.0 Å². The molecule has 1 aromatic rings. The lowest BCUT2D eigenvalue weighted by Gasteiger charge is -2.18. The second-order valence-corrected chi connectivity index (χ2v) is 4.53. The molecule has 1 aromatic carbocycles. The van der Waals surface area contributed by atoms with Gasteiger partial charge in [0.05, 0.1) is 6.04 Å². The molecule has 3 heteroatoms. The fraction of sp³-hybridized carbons (Fsp3) is 0.533. The second-order valence-electron chi connectivity index (χ2n) is 4.53. The monoisotopic (exact) mass is 248 g/mol. The zero-order valence-corrected chi connectivity index (χ0v) is 11.4. The molecule has 0 spiro atoms. The van der Waals surface area contributed by atoms with Crippen LogP contribution in [0, 0.1) is 0 Å². The number of rotatable bonds is 8. The maximum absolute atomic E-state index is 11.8. The molecule has 100 valence electrons. The molecular formula is C15H24N2O. The highest BCUT2D eigenvalue weighted by molar-refractivity contribution is 5.76. The molecule has 0 bridgehead atoms. The van der Waals surface area contributed by atoms with E-state index in [0.29, 0.717) is 6.42 Å². The normalized spacial score (nSPS) is 12.1. The van der Waals surface area contributed by atoms with Crippen LogP contribution in [0.2, 0.25) is 0 Å². The molecule has 0 fully saturated rings. The van der Waals surface area contributed by atoms with Crippen molar-refractivity contribution in [3.63, 3.8) is 0 Å². The minimum Gasteiger partial charge on any atom is -0.349 e. The van der Waals surface area contributed by atoms with Crippen molar-refractivity contribution in [3.8, 4) is 0 Å². The molecule has 0 heterocycles. The van der Waals surface area contributed by atoms with Crippen molar-refractivity contribution >= 4 is 5.91 Å². The zero-order chi connectivity index (χ0) is 13.2. The van der Waals surface area contributed by atoms with Crippen molar-refractivity contribution in [2.75, 3.05) is 13.6 Å². The van der Waals surface area contributed by atoms with Crippen LogP contribution in [-0.4, -0.2) is 19.5 Å². The molecule has 1 rings (SSSR count). The fourth-order valence-corrected chi connectivity index (χ4v) is 1.99. The van der Waals surface area contributed by atoms with Gasteiger partial charge in [0.1, 0.15) is 0 Å². The topological polar surface area (TPSA) is 41.1 Å². The molecule has 0 aliphatic heterocycles. The van der Waals surface area contributed by atoms with Gasteiger partial charge in [0.15, 0.2) is 0 Å². The minimum atomic E-state index is 0.146. The third-order valence-electron chi connectivity index (χ3n) is 2.95. The quantitative estimate of drug-likeness (QED) is 0.694. The molecule has 0 aliphatic rings. The van der Waals surface area contributed by atoms with E-state index < -0.39 is 0 Å². The molecule has 1 unspecified atom stereocenters. The van der Waals surface area contributed by atoms with E-state index in [-0.39, 0.29) is 11.9 Å². The van der Waals surface area contributed by atoms with Gasteiger partial charge in [0, 0.05) is 6.42 Å². The summed E-state index contributed by atoms with van der Waals surface area (Å²) in [5.41, 5.74) is 1.20. The summed E-state index contributed by atoms with van der Waals surface area (Å²) in [6, 6.07) is 10.3. The molecule has 0 saturated heterocycles.